The first-order valence-corrected chi connectivity index (χ1v) is 7.66. The van der Waals surface area contributed by atoms with Crippen LogP contribution in [0.5, 0.6) is 0 Å². The molecule has 0 rings (SSSR count). The summed E-state index contributed by atoms with van der Waals surface area (Å²) in [6.07, 6.45) is 14.4. The van der Waals surface area contributed by atoms with Gasteiger partial charge in [-0.3, -0.25) is 0 Å². The first-order valence-electron chi connectivity index (χ1n) is 7.66. The number of hydrogen-bond donors (Lipinski definition) is 0. The molecule has 0 spiro atoms. The summed E-state index contributed by atoms with van der Waals surface area (Å²) in [5, 5.41) is 0. The molecule has 0 aromatic carbocycles. The van der Waals surface area contributed by atoms with Gasteiger partial charge in [0.2, 0.25) is 0 Å². The summed E-state index contributed by atoms with van der Waals surface area (Å²) in [5.74, 6) is 1.85. The third kappa shape index (κ3) is 12.1. The van der Waals surface area contributed by atoms with Crippen molar-refractivity contribution in [2.75, 3.05) is 0 Å². The highest BCUT2D eigenvalue weighted by Gasteiger charge is 2.02. The lowest BCUT2D eigenvalue weighted by Crippen LogP contribution is -1.96. The maximum absolute atomic E-state index is 2.44. The van der Waals surface area contributed by atoms with Gasteiger partial charge in [0.25, 0.3) is 0 Å². The molecule has 0 aliphatic carbocycles. The lowest BCUT2D eigenvalue weighted by atomic mass is 9.95. The number of rotatable bonds is 11. The Bertz CT molecular complexity index is 126. The maximum atomic E-state index is 2.44. The van der Waals surface area contributed by atoms with Crippen LogP contribution in [0.3, 0.4) is 0 Å². The summed E-state index contributed by atoms with van der Waals surface area (Å²) in [4.78, 5) is 0. The summed E-state index contributed by atoms with van der Waals surface area (Å²) >= 11 is 0. The molecule has 1 atom stereocenters. The van der Waals surface area contributed by atoms with E-state index in [-0.39, 0.29) is 0 Å². The van der Waals surface area contributed by atoms with Crippen molar-refractivity contribution in [1.29, 1.82) is 0 Å². The summed E-state index contributed by atoms with van der Waals surface area (Å²) in [7, 11) is 0. The first-order chi connectivity index (χ1) is 7.66. The van der Waals surface area contributed by atoms with E-state index in [4.69, 9.17) is 0 Å². The van der Waals surface area contributed by atoms with Gasteiger partial charge in [0.1, 0.15) is 0 Å². The zero-order chi connectivity index (χ0) is 12.2. The fourth-order valence-electron chi connectivity index (χ4n) is 2.29. The Morgan fingerprint density at radius 1 is 0.625 bits per heavy atom. The van der Waals surface area contributed by atoms with Crippen LogP contribution in [0.4, 0.5) is 0 Å². The van der Waals surface area contributed by atoms with Crippen LogP contribution in [-0.4, -0.2) is 0 Å². The quantitative estimate of drug-likeness (QED) is 0.368. The van der Waals surface area contributed by atoms with Gasteiger partial charge in [-0.25, -0.2) is 0 Å². The Balaban J connectivity index is 3.14. The van der Waals surface area contributed by atoms with Crippen LogP contribution in [0, 0.1) is 11.8 Å². The van der Waals surface area contributed by atoms with Crippen molar-refractivity contribution in [3.8, 4) is 0 Å². The van der Waals surface area contributed by atoms with Crippen LogP contribution in [0.25, 0.3) is 0 Å². The molecule has 0 heteroatoms. The van der Waals surface area contributed by atoms with Gasteiger partial charge in [0.05, 0.1) is 0 Å². The Morgan fingerprint density at radius 3 is 1.81 bits per heavy atom. The van der Waals surface area contributed by atoms with E-state index in [9.17, 15) is 0 Å². The van der Waals surface area contributed by atoms with Crippen molar-refractivity contribution in [2.45, 2.75) is 91.9 Å². The minimum absolute atomic E-state index is 0.890. The minimum Gasteiger partial charge on any atom is -0.0654 e. The molecule has 0 aromatic rings. The topological polar surface area (TPSA) is 0 Å². The van der Waals surface area contributed by atoms with Crippen molar-refractivity contribution in [1.82, 2.24) is 0 Å². The molecule has 16 heavy (non-hydrogen) atoms. The van der Waals surface area contributed by atoms with Crippen molar-refractivity contribution in [2.24, 2.45) is 11.8 Å². The zero-order valence-corrected chi connectivity index (χ0v) is 12.2. The summed E-state index contributed by atoms with van der Waals surface area (Å²) in [6.45, 7) is 9.39. The van der Waals surface area contributed by atoms with E-state index in [1.807, 2.05) is 0 Å². The largest absolute Gasteiger partial charge is 0.0654 e. The molecule has 0 saturated carbocycles. The summed E-state index contributed by atoms with van der Waals surface area (Å²) < 4.78 is 0. The summed E-state index contributed by atoms with van der Waals surface area (Å²) in [6, 6.07) is 0. The van der Waals surface area contributed by atoms with Gasteiger partial charge in [-0.1, -0.05) is 91.9 Å². The first kappa shape index (κ1) is 16.0. The Labute approximate surface area is 104 Å². The van der Waals surface area contributed by atoms with Crippen molar-refractivity contribution < 1.29 is 0 Å². The SMILES string of the molecule is CCCCCCCC[C@H](C)CCCC(C)C. The monoisotopic (exact) mass is 226 g/mol. The van der Waals surface area contributed by atoms with Crippen molar-refractivity contribution in [3.05, 3.63) is 0 Å². The van der Waals surface area contributed by atoms with Gasteiger partial charge in [-0.15, -0.1) is 0 Å². The highest BCUT2D eigenvalue weighted by molar-refractivity contribution is 4.56. The third-order valence-electron chi connectivity index (χ3n) is 3.53. The standard InChI is InChI=1S/C16H34/c1-5-6-7-8-9-10-13-16(4)14-11-12-15(2)3/h15-16H,5-14H2,1-4H3/t16-/m0/s1. The molecule has 0 aliphatic rings. The molecule has 98 valence electrons. The molecule has 0 unspecified atom stereocenters. The van der Waals surface area contributed by atoms with Gasteiger partial charge < -0.3 is 0 Å². The van der Waals surface area contributed by atoms with E-state index in [2.05, 4.69) is 27.7 Å². The molecule has 0 nitrogen and oxygen atoms in total. The summed E-state index contributed by atoms with van der Waals surface area (Å²) in [5.41, 5.74) is 0. The van der Waals surface area contributed by atoms with Gasteiger partial charge in [-0.05, 0) is 11.8 Å². The second-order valence-corrected chi connectivity index (χ2v) is 5.99. The van der Waals surface area contributed by atoms with E-state index in [0.29, 0.717) is 0 Å². The maximum Gasteiger partial charge on any atom is -0.0443 e. The molecule has 0 N–H and O–H groups in total. The van der Waals surface area contributed by atoms with Crippen molar-refractivity contribution >= 4 is 0 Å². The number of hydrogen-bond acceptors (Lipinski definition) is 0. The van der Waals surface area contributed by atoms with E-state index in [1.165, 1.54) is 64.2 Å². The molecular formula is C16H34. The molecule has 0 bridgehead atoms. The molecule has 0 amide bonds. The molecule has 0 aliphatic heterocycles. The predicted molar refractivity (Wildman–Crippen MR) is 75.8 cm³/mol. The van der Waals surface area contributed by atoms with Crippen LogP contribution < -0.4 is 0 Å². The highest BCUT2D eigenvalue weighted by atomic mass is 14.1. The van der Waals surface area contributed by atoms with Crippen LogP contribution in [0.15, 0.2) is 0 Å². The minimum atomic E-state index is 0.890. The Hall–Kier alpha value is 0. The van der Waals surface area contributed by atoms with Crippen LogP contribution >= 0.6 is 0 Å². The second-order valence-electron chi connectivity index (χ2n) is 5.99. The molecular weight excluding hydrogens is 192 g/mol. The smallest absolute Gasteiger partial charge is 0.0443 e. The van der Waals surface area contributed by atoms with Gasteiger partial charge >= 0.3 is 0 Å². The molecule has 0 saturated heterocycles. The predicted octanol–water partition coefficient (Wildman–Crippen LogP) is 6.20. The van der Waals surface area contributed by atoms with E-state index >= 15 is 0 Å². The van der Waals surface area contributed by atoms with Gasteiger partial charge in [0.15, 0.2) is 0 Å². The Kier molecular flexibility index (Phi) is 11.5. The molecule has 0 fully saturated rings. The third-order valence-corrected chi connectivity index (χ3v) is 3.53. The fourth-order valence-corrected chi connectivity index (χ4v) is 2.29. The van der Waals surface area contributed by atoms with Crippen LogP contribution in [-0.2, 0) is 0 Å². The normalized spacial score (nSPS) is 13.3. The van der Waals surface area contributed by atoms with Crippen molar-refractivity contribution in [3.63, 3.8) is 0 Å². The lowest BCUT2D eigenvalue weighted by Gasteiger charge is -2.12. The average molecular weight is 226 g/mol. The zero-order valence-electron chi connectivity index (χ0n) is 12.2. The van der Waals surface area contributed by atoms with E-state index in [1.54, 1.807) is 0 Å². The van der Waals surface area contributed by atoms with Crippen LogP contribution in [0.2, 0.25) is 0 Å². The lowest BCUT2D eigenvalue weighted by molar-refractivity contribution is 0.418. The molecule has 0 aromatic heterocycles. The van der Waals surface area contributed by atoms with Crippen LogP contribution in [0.1, 0.15) is 91.9 Å². The average Bonchev–Trinajstić information content (AvgIpc) is 2.22. The van der Waals surface area contributed by atoms with Gasteiger partial charge in [-0.2, -0.15) is 0 Å². The van der Waals surface area contributed by atoms with E-state index in [0.717, 1.165) is 11.8 Å². The second kappa shape index (κ2) is 11.5. The highest BCUT2D eigenvalue weighted by Crippen LogP contribution is 2.18. The van der Waals surface area contributed by atoms with Gasteiger partial charge in [0, 0.05) is 0 Å². The molecule has 0 heterocycles. The van der Waals surface area contributed by atoms with E-state index < -0.39 is 0 Å². The fraction of sp³-hybridized carbons (Fsp3) is 1.00. The number of unbranched alkanes of at least 4 members (excludes halogenated alkanes) is 5. The Morgan fingerprint density at radius 2 is 1.19 bits per heavy atom. The molecule has 0 radical (unpaired) electrons.